The minimum atomic E-state index is -3.51. The quantitative estimate of drug-likeness (QED) is 0.793. The largest absolute Gasteiger partial charge is 0.497 e. The number of fused-ring (bicyclic) bond motifs is 1. The lowest BCUT2D eigenvalue weighted by Crippen LogP contribution is -2.29. The number of sulfonamides is 1. The van der Waals surface area contributed by atoms with E-state index in [1.54, 1.807) is 31.4 Å². The van der Waals surface area contributed by atoms with Crippen LogP contribution >= 0.6 is 0 Å². The van der Waals surface area contributed by atoms with Crippen molar-refractivity contribution in [3.8, 4) is 5.75 Å². The van der Waals surface area contributed by atoms with Crippen LogP contribution < -0.4 is 4.74 Å². The Labute approximate surface area is 160 Å². The Morgan fingerprint density at radius 2 is 1.96 bits per heavy atom. The number of hydrogen-bond acceptors (Lipinski definition) is 6. The highest BCUT2D eigenvalue weighted by Crippen LogP contribution is 2.30. The zero-order chi connectivity index (χ0) is 19.0. The summed E-state index contributed by atoms with van der Waals surface area (Å²) in [4.78, 5) is 11.9. The van der Waals surface area contributed by atoms with E-state index in [1.807, 2.05) is 6.20 Å². The van der Waals surface area contributed by atoms with Crippen LogP contribution in [0.25, 0.3) is 0 Å². The molecule has 0 amide bonds. The Balaban J connectivity index is 1.51. The lowest BCUT2D eigenvalue weighted by Gasteiger charge is -2.24. The maximum absolute atomic E-state index is 12.9. The van der Waals surface area contributed by atoms with E-state index < -0.39 is 10.0 Å². The summed E-state index contributed by atoms with van der Waals surface area (Å²) in [5.74, 6) is 1.45. The van der Waals surface area contributed by atoms with E-state index in [2.05, 4.69) is 16.9 Å². The Morgan fingerprint density at radius 3 is 2.70 bits per heavy atom. The van der Waals surface area contributed by atoms with Crippen molar-refractivity contribution in [1.82, 2.24) is 19.2 Å². The maximum atomic E-state index is 12.9. The van der Waals surface area contributed by atoms with Crippen LogP contribution in [-0.4, -0.2) is 61.4 Å². The highest BCUT2D eigenvalue weighted by molar-refractivity contribution is 7.89. The van der Waals surface area contributed by atoms with Crippen molar-refractivity contribution in [2.75, 3.05) is 33.8 Å². The van der Waals surface area contributed by atoms with Crippen LogP contribution in [0.1, 0.15) is 29.4 Å². The minimum absolute atomic E-state index is 0.0444. The van der Waals surface area contributed by atoms with Gasteiger partial charge in [0.25, 0.3) is 0 Å². The molecule has 0 aliphatic carbocycles. The minimum Gasteiger partial charge on any atom is -0.497 e. The van der Waals surface area contributed by atoms with Gasteiger partial charge in [-0.15, -0.1) is 0 Å². The molecule has 2 aliphatic rings. The van der Waals surface area contributed by atoms with Crippen LogP contribution in [0.15, 0.2) is 35.4 Å². The summed E-state index contributed by atoms with van der Waals surface area (Å²) in [6, 6.07) is 6.52. The van der Waals surface area contributed by atoms with E-state index in [4.69, 9.17) is 9.72 Å². The molecule has 0 bridgehead atoms. The van der Waals surface area contributed by atoms with E-state index in [0.717, 1.165) is 37.4 Å². The van der Waals surface area contributed by atoms with Gasteiger partial charge in [0.05, 0.1) is 12.0 Å². The number of likely N-dealkylation sites (N-methyl/N-ethyl adjacent to an activating group) is 1. The molecule has 144 valence electrons. The lowest BCUT2D eigenvalue weighted by atomic mass is 10.1. The van der Waals surface area contributed by atoms with E-state index in [0.29, 0.717) is 23.7 Å². The van der Waals surface area contributed by atoms with Crippen LogP contribution in [0.3, 0.4) is 0 Å². The first kappa shape index (κ1) is 18.3. The fraction of sp³-hybridized carbons (Fsp3) is 0.474. The number of nitrogens with zero attached hydrogens (tertiary/aromatic N) is 4. The van der Waals surface area contributed by atoms with Gasteiger partial charge in [-0.1, -0.05) is 0 Å². The first-order valence-corrected chi connectivity index (χ1v) is 10.6. The van der Waals surface area contributed by atoms with Crippen molar-refractivity contribution in [2.45, 2.75) is 30.2 Å². The third-order valence-electron chi connectivity index (χ3n) is 5.36. The van der Waals surface area contributed by atoms with Gasteiger partial charge in [0, 0.05) is 56.0 Å². The zero-order valence-electron chi connectivity index (χ0n) is 15.6. The van der Waals surface area contributed by atoms with Crippen molar-refractivity contribution in [1.29, 1.82) is 0 Å². The van der Waals surface area contributed by atoms with Crippen LogP contribution in [0.2, 0.25) is 0 Å². The van der Waals surface area contributed by atoms with Crippen molar-refractivity contribution >= 4 is 10.0 Å². The second-order valence-corrected chi connectivity index (χ2v) is 9.15. The third kappa shape index (κ3) is 3.56. The lowest BCUT2D eigenvalue weighted by molar-refractivity contribution is 0.308. The number of hydrogen-bond donors (Lipinski definition) is 0. The molecule has 7 nitrogen and oxygen atoms in total. The molecule has 1 fully saturated rings. The molecule has 27 heavy (non-hydrogen) atoms. The Bertz CT molecular complexity index is 930. The fourth-order valence-electron chi connectivity index (χ4n) is 3.72. The summed E-state index contributed by atoms with van der Waals surface area (Å²) in [7, 11) is 0.140. The maximum Gasteiger partial charge on any atom is 0.243 e. The molecule has 0 unspecified atom stereocenters. The van der Waals surface area contributed by atoms with Crippen molar-refractivity contribution in [2.24, 2.45) is 0 Å². The molecule has 0 radical (unpaired) electrons. The van der Waals surface area contributed by atoms with Crippen LogP contribution in [0.5, 0.6) is 5.75 Å². The summed E-state index contributed by atoms with van der Waals surface area (Å²) in [5, 5.41) is 0. The zero-order valence-corrected chi connectivity index (χ0v) is 16.4. The van der Waals surface area contributed by atoms with Gasteiger partial charge in [-0.2, -0.15) is 4.31 Å². The topological polar surface area (TPSA) is 75.6 Å². The third-order valence-corrected chi connectivity index (χ3v) is 7.24. The highest BCUT2D eigenvalue weighted by atomic mass is 32.2. The molecular weight excluding hydrogens is 364 g/mol. The van der Waals surface area contributed by atoms with Gasteiger partial charge in [0.15, 0.2) is 0 Å². The molecule has 1 aromatic carbocycles. The predicted molar refractivity (Wildman–Crippen MR) is 101 cm³/mol. The molecule has 1 aromatic heterocycles. The van der Waals surface area contributed by atoms with Crippen molar-refractivity contribution in [3.63, 3.8) is 0 Å². The van der Waals surface area contributed by atoms with Crippen LogP contribution in [0, 0.1) is 0 Å². The first-order valence-electron chi connectivity index (χ1n) is 9.15. The van der Waals surface area contributed by atoms with E-state index in [1.165, 1.54) is 9.87 Å². The average Bonchev–Trinajstić information content (AvgIpc) is 3.19. The second kappa shape index (κ2) is 7.18. The van der Waals surface area contributed by atoms with Gasteiger partial charge in [-0.05, 0) is 37.7 Å². The molecule has 0 N–H and O–H groups in total. The van der Waals surface area contributed by atoms with Crippen molar-refractivity contribution < 1.29 is 13.2 Å². The number of rotatable bonds is 4. The Kier molecular flexibility index (Phi) is 4.88. The number of aromatic nitrogens is 2. The highest BCUT2D eigenvalue weighted by Gasteiger charge is 2.34. The second-order valence-electron chi connectivity index (χ2n) is 7.21. The first-order chi connectivity index (χ1) is 13.0. The number of ether oxygens (including phenoxy) is 1. The fourth-order valence-corrected chi connectivity index (χ4v) is 5.22. The standard InChI is InChI=1S/C19H24N4O3S/c1-22-9-8-18-15(12-22)11-20-19(21-18)14-7-10-23(13-14)27(24,25)17-5-3-16(26-2)4-6-17/h3-6,11,14H,7-10,12-13H2,1-2H3/t14-/m1/s1. The summed E-state index contributed by atoms with van der Waals surface area (Å²) in [5.41, 5.74) is 2.28. The van der Waals surface area contributed by atoms with Gasteiger partial charge in [0.1, 0.15) is 11.6 Å². The molecular formula is C19H24N4O3S. The summed E-state index contributed by atoms with van der Waals surface area (Å²) >= 11 is 0. The molecule has 3 heterocycles. The molecule has 1 saturated heterocycles. The molecule has 2 aliphatic heterocycles. The predicted octanol–water partition coefficient (Wildman–Crippen LogP) is 1.65. The summed E-state index contributed by atoms with van der Waals surface area (Å²) in [6.45, 7) is 2.78. The number of benzene rings is 1. The monoisotopic (exact) mass is 388 g/mol. The SMILES string of the molecule is COc1ccc(S(=O)(=O)N2CC[C@@H](c3ncc4c(n3)CCN(C)C4)C2)cc1. The van der Waals surface area contributed by atoms with E-state index in [-0.39, 0.29) is 5.92 Å². The number of methoxy groups -OCH3 is 1. The van der Waals surface area contributed by atoms with Crippen molar-refractivity contribution in [3.05, 3.63) is 47.5 Å². The van der Waals surface area contributed by atoms with Gasteiger partial charge < -0.3 is 9.64 Å². The normalized spacial score (nSPS) is 21.2. The van der Waals surface area contributed by atoms with Gasteiger partial charge in [-0.25, -0.2) is 18.4 Å². The molecule has 4 rings (SSSR count). The summed E-state index contributed by atoms with van der Waals surface area (Å²) in [6.07, 6.45) is 3.57. The van der Waals surface area contributed by atoms with Gasteiger partial charge in [-0.3, -0.25) is 0 Å². The van der Waals surface area contributed by atoms with Crippen LogP contribution in [0.4, 0.5) is 0 Å². The van der Waals surface area contributed by atoms with E-state index >= 15 is 0 Å². The van der Waals surface area contributed by atoms with Gasteiger partial charge in [0.2, 0.25) is 10.0 Å². The molecule has 1 atom stereocenters. The molecule has 0 spiro atoms. The smallest absolute Gasteiger partial charge is 0.243 e. The average molecular weight is 388 g/mol. The van der Waals surface area contributed by atoms with Gasteiger partial charge >= 0.3 is 0 Å². The van der Waals surface area contributed by atoms with E-state index in [9.17, 15) is 8.42 Å². The Morgan fingerprint density at radius 1 is 1.19 bits per heavy atom. The summed E-state index contributed by atoms with van der Waals surface area (Å²) < 4.78 is 32.5. The van der Waals surface area contributed by atoms with Crippen LogP contribution in [-0.2, 0) is 23.0 Å². The molecule has 0 saturated carbocycles. The molecule has 8 heteroatoms. The molecule has 2 aromatic rings. The Hall–Kier alpha value is -2.03.